The van der Waals surface area contributed by atoms with Crippen molar-refractivity contribution >= 4 is 11.5 Å². The zero-order valence-corrected chi connectivity index (χ0v) is 12.4. The van der Waals surface area contributed by atoms with Crippen LogP contribution in [0.25, 0.3) is 16.8 Å². The maximum Gasteiger partial charge on any atom is 0.341 e. The Kier molecular flexibility index (Phi) is 3.64. The average Bonchev–Trinajstić information content (AvgIpc) is 3.10. The normalized spacial score (nSPS) is 11.0. The van der Waals surface area contributed by atoms with Crippen molar-refractivity contribution in [3.63, 3.8) is 0 Å². The highest BCUT2D eigenvalue weighted by atomic mass is 16.5. The van der Waals surface area contributed by atoms with Crippen molar-refractivity contribution < 1.29 is 14.6 Å². The number of rotatable bonds is 4. The monoisotopic (exact) mass is 300 g/mol. The molecule has 3 aromatic heterocycles. The third-order valence-corrected chi connectivity index (χ3v) is 3.45. The second kappa shape index (κ2) is 5.61. The number of nitrogens with zero attached hydrogens (tertiary/aromatic N) is 4. The number of hydrogen-bond donors (Lipinski definition) is 1. The Bertz CT molecular complexity index is 835. The van der Waals surface area contributed by atoms with Crippen molar-refractivity contribution in [3.05, 3.63) is 41.9 Å². The number of aryl methyl sites for hydroxylation is 1. The van der Waals surface area contributed by atoms with Gasteiger partial charge in [0.2, 0.25) is 0 Å². The molecular formula is C15H16N4O3. The number of carbonyl (C=O) groups excluding carboxylic acids is 1. The van der Waals surface area contributed by atoms with Crippen LogP contribution in [-0.4, -0.2) is 37.1 Å². The fourth-order valence-corrected chi connectivity index (χ4v) is 2.30. The molecule has 1 N–H and O–H groups in total. The van der Waals surface area contributed by atoms with Crippen LogP contribution in [0.1, 0.15) is 23.0 Å². The van der Waals surface area contributed by atoms with Crippen LogP contribution >= 0.6 is 0 Å². The minimum atomic E-state index is -0.384. The maximum absolute atomic E-state index is 11.8. The van der Waals surface area contributed by atoms with Gasteiger partial charge in [0.15, 0.2) is 0 Å². The molecule has 0 atom stereocenters. The number of aromatic nitrogens is 4. The van der Waals surface area contributed by atoms with Crippen LogP contribution in [0.4, 0.5) is 0 Å². The van der Waals surface area contributed by atoms with Gasteiger partial charge in [-0.2, -0.15) is 10.2 Å². The average molecular weight is 300 g/mol. The van der Waals surface area contributed by atoms with Gasteiger partial charge in [0.05, 0.1) is 36.3 Å². The van der Waals surface area contributed by atoms with Gasteiger partial charge in [0, 0.05) is 18.8 Å². The lowest BCUT2D eigenvalue weighted by molar-refractivity contribution is 0.0528. The van der Waals surface area contributed by atoms with Crippen LogP contribution in [0.3, 0.4) is 0 Å². The molecule has 0 saturated heterocycles. The summed E-state index contributed by atoms with van der Waals surface area (Å²) in [6.45, 7) is 2.02. The molecule has 3 heterocycles. The summed E-state index contributed by atoms with van der Waals surface area (Å²) in [6, 6.07) is 5.49. The van der Waals surface area contributed by atoms with Gasteiger partial charge in [-0.25, -0.2) is 9.31 Å². The zero-order chi connectivity index (χ0) is 15.7. The van der Waals surface area contributed by atoms with E-state index in [1.54, 1.807) is 29.4 Å². The van der Waals surface area contributed by atoms with Crippen molar-refractivity contribution in [1.29, 1.82) is 0 Å². The van der Waals surface area contributed by atoms with Crippen molar-refractivity contribution in [1.82, 2.24) is 19.4 Å². The molecule has 3 aromatic rings. The van der Waals surface area contributed by atoms with Crippen molar-refractivity contribution in [2.45, 2.75) is 13.5 Å². The van der Waals surface area contributed by atoms with Gasteiger partial charge in [-0.05, 0) is 25.1 Å². The summed E-state index contributed by atoms with van der Waals surface area (Å²) in [5.41, 5.74) is 3.43. The third-order valence-electron chi connectivity index (χ3n) is 3.45. The minimum Gasteiger partial charge on any atom is -0.462 e. The molecule has 0 radical (unpaired) electrons. The molecule has 0 unspecified atom stereocenters. The number of pyridine rings is 1. The Morgan fingerprint density at radius 3 is 2.91 bits per heavy atom. The first-order chi connectivity index (χ1) is 10.6. The van der Waals surface area contributed by atoms with Crippen LogP contribution in [0.5, 0.6) is 0 Å². The van der Waals surface area contributed by atoms with Crippen LogP contribution < -0.4 is 0 Å². The van der Waals surface area contributed by atoms with E-state index in [4.69, 9.17) is 4.74 Å². The van der Waals surface area contributed by atoms with E-state index < -0.39 is 0 Å². The fourth-order valence-electron chi connectivity index (χ4n) is 2.30. The Hall–Kier alpha value is -2.67. The summed E-state index contributed by atoms with van der Waals surface area (Å²) in [6.07, 6.45) is 3.29. The fraction of sp³-hybridized carbons (Fsp3) is 0.267. The number of aliphatic hydroxyl groups is 1. The maximum atomic E-state index is 11.8. The second-order valence-electron chi connectivity index (χ2n) is 4.83. The summed E-state index contributed by atoms with van der Waals surface area (Å²) < 4.78 is 8.26. The van der Waals surface area contributed by atoms with Crippen molar-refractivity contribution in [2.75, 3.05) is 6.61 Å². The van der Waals surface area contributed by atoms with Gasteiger partial charge in [0.1, 0.15) is 5.56 Å². The largest absolute Gasteiger partial charge is 0.462 e. The Morgan fingerprint density at radius 2 is 2.23 bits per heavy atom. The standard InChI is InChI=1S/C15H16N4O3/c1-3-22-15(21)12-7-16-19-8-10(4-5-14(12)19)13-6-11(9-20)18(2)17-13/h4-8,20H,3,9H2,1-2H3. The second-order valence-corrected chi connectivity index (χ2v) is 4.83. The van der Waals surface area contributed by atoms with E-state index in [0.717, 1.165) is 17.0 Å². The van der Waals surface area contributed by atoms with Gasteiger partial charge >= 0.3 is 5.97 Å². The van der Waals surface area contributed by atoms with Gasteiger partial charge in [-0.15, -0.1) is 0 Å². The van der Waals surface area contributed by atoms with E-state index in [0.29, 0.717) is 17.7 Å². The molecule has 7 nitrogen and oxygen atoms in total. The van der Waals surface area contributed by atoms with E-state index in [2.05, 4.69) is 10.2 Å². The first-order valence-corrected chi connectivity index (χ1v) is 6.92. The Morgan fingerprint density at radius 1 is 1.41 bits per heavy atom. The predicted octanol–water partition coefficient (Wildman–Crippen LogP) is 1.40. The topological polar surface area (TPSA) is 81.6 Å². The summed E-state index contributed by atoms with van der Waals surface area (Å²) >= 11 is 0. The molecule has 0 amide bonds. The molecule has 0 aromatic carbocycles. The van der Waals surface area contributed by atoms with E-state index >= 15 is 0 Å². The molecule has 3 rings (SSSR count). The van der Waals surface area contributed by atoms with Gasteiger partial charge < -0.3 is 9.84 Å². The Labute approximate surface area is 126 Å². The van der Waals surface area contributed by atoms with Crippen LogP contribution in [0.15, 0.2) is 30.6 Å². The van der Waals surface area contributed by atoms with Crippen LogP contribution in [0, 0.1) is 0 Å². The molecule has 0 fully saturated rings. The molecule has 22 heavy (non-hydrogen) atoms. The lowest BCUT2D eigenvalue weighted by atomic mass is 10.2. The van der Waals surface area contributed by atoms with Crippen molar-refractivity contribution in [2.24, 2.45) is 7.05 Å². The van der Waals surface area contributed by atoms with E-state index in [1.165, 1.54) is 6.20 Å². The highest BCUT2D eigenvalue weighted by Gasteiger charge is 2.15. The quantitative estimate of drug-likeness (QED) is 0.737. The molecule has 0 bridgehead atoms. The summed E-state index contributed by atoms with van der Waals surface area (Å²) in [4.78, 5) is 11.8. The van der Waals surface area contributed by atoms with Gasteiger partial charge in [-0.3, -0.25) is 4.68 Å². The predicted molar refractivity (Wildman–Crippen MR) is 79.3 cm³/mol. The van der Waals surface area contributed by atoms with E-state index in [9.17, 15) is 9.90 Å². The molecule has 0 aliphatic rings. The van der Waals surface area contributed by atoms with Gasteiger partial charge in [-0.1, -0.05) is 0 Å². The van der Waals surface area contributed by atoms with E-state index in [1.807, 2.05) is 18.2 Å². The minimum absolute atomic E-state index is 0.0689. The highest BCUT2D eigenvalue weighted by Crippen LogP contribution is 2.21. The number of ether oxygens (including phenoxy) is 1. The van der Waals surface area contributed by atoms with E-state index in [-0.39, 0.29) is 12.6 Å². The van der Waals surface area contributed by atoms with Crippen LogP contribution in [0.2, 0.25) is 0 Å². The lowest BCUT2D eigenvalue weighted by Crippen LogP contribution is -2.04. The van der Waals surface area contributed by atoms with Gasteiger partial charge in [0.25, 0.3) is 0 Å². The van der Waals surface area contributed by atoms with Crippen LogP contribution in [-0.2, 0) is 18.4 Å². The summed E-state index contributed by atoms with van der Waals surface area (Å²) in [7, 11) is 1.78. The Balaban J connectivity index is 2.02. The first kappa shape index (κ1) is 14.3. The highest BCUT2D eigenvalue weighted by molar-refractivity contribution is 5.96. The molecule has 0 aliphatic heterocycles. The SMILES string of the molecule is CCOC(=O)c1cnn2cc(-c3cc(CO)n(C)n3)ccc12. The zero-order valence-electron chi connectivity index (χ0n) is 12.4. The number of esters is 1. The third kappa shape index (κ3) is 2.35. The van der Waals surface area contributed by atoms with Crippen molar-refractivity contribution in [3.8, 4) is 11.3 Å². The molecule has 0 saturated carbocycles. The molecule has 0 spiro atoms. The lowest BCUT2D eigenvalue weighted by Gasteiger charge is -2.01. The number of carbonyl (C=O) groups is 1. The first-order valence-electron chi connectivity index (χ1n) is 6.92. The molecule has 7 heteroatoms. The number of aliphatic hydroxyl groups excluding tert-OH is 1. The summed E-state index contributed by atoms with van der Waals surface area (Å²) in [5.74, 6) is -0.384. The smallest absolute Gasteiger partial charge is 0.341 e. The molecular weight excluding hydrogens is 284 g/mol. The molecule has 0 aliphatic carbocycles. The number of hydrogen-bond acceptors (Lipinski definition) is 5. The molecule has 114 valence electrons. The summed E-state index contributed by atoms with van der Waals surface area (Å²) in [5, 5.41) is 17.8. The number of fused-ring (bicyclic) bond motifs is 1.